The first-order valence-corrected chi connectivity index (χ1v) is 10.5. The maximum atomic E-state index is 12.8. The number of amides is 1. The van der Waals surface area contributed by atoms with Gasteiger partial charge in [0.05, 0.1) is 23.7 Å². The third-order valence-electron chi connectivity index (χ3n) is 4.58. The molecule has 6 nitrogen and oxygen atoms in total. The number of carbonyl (C=O) groups is 1. The van der Waals surface area contributed by atoms with Crippen molar-refractivity contribution in [2.24, 2.45) is 0 Å². The van der Waals surface area contributed by atoms with E-state index in [1.807, 2.05) is 13.0 Å². The Morgan fingerprint density at radius 1 is 1.19 bits per heavy atom. The van der Waals surface area contributed by atoms with Crippen molar-refractivity contribution in [1.82, 2.24) is 4.90 Å². The molecule has 0 atom stereocenters. The highest BCUT2D eigenvalue weighted by Crippen LogP contribution is 2.25. The Morgan fingerprint density at radius 3 is 2.58 bits per heavy atom. The van der Waals surface area contributed by atoms with Crippen LogP contribution in [0.4, 0.5) is 0 Å². The van der Waals surface area contributed by atoms with Crippen molar-refractivity contribution in [2.45, 2.75) is 30.8 Å². The topological polar surface area (TPSA) is 76.8 Å². The van der Waals surface area contributed by atoms with Crippen LogP contribution < -0.4 is 4.74 Å². The zero-order chi connectivity index (χ0) is 18.6. The quantitative estimate of drug-likeness (QED) is 0.774. The standard InChI is InChI=1S/C19H23NO5S/c1-2-24-18-8-4-3-7-17(18)19(21)20-11-9-16(10-12-20)26(22,23)14-15-6-5-13-25-15/h3-8,13,16H,2,9-12,14H2,1H3. The van der Waals surface area contributed by atoms with Gasteiger partial charge in [0.15, 0.2) is 9.84 Å². The van der Waals surface area contributed by atoms with E-state index in [0.29, 0.717) is 49.6 Å². The highest BCUT2D eigenvalue weighted by atomic mass is 32.2. The molecule has 0 saturated carbocycles. The van der Waals surface area contributed by atoms with Crippen LogP contribution in [0.25, 0.3) is 0 Å². The zero-order valence-corrected chi connectivity index (χ0v) is 15.6. The molecule has 0 spiro atoms. The third-order valence-corrected chi connectivity index (χ3v) is 6.75. The van der Waals surface area contributed by atoms with E-state index >= 15 is 0 Å². The number of sulfone groups is 1. The summed E-state index contributed by atoms with van der Waals surface area (Å²) in [6, 6.07) is 10.5. The van der Waals surface area contributed by atoms with Crippen LogP contribution in [0, 0.1) is 0 Å². The third kappa shape index (κ3) is 4.09. The Kier molecular flexibility index (Phi) is 5.66. The Hall–Kier alpha value is -2.28. The molecule has 0 radical (unpaired) electrons. The SMILES string of the molecule is CCOc1ccccc1C(=O)N1CCC(S(=O)(=O)Cc2ccco2)CC1. The highest BCUT2D eigenvalue weighted by molar-refractivity contribution is 7.91. The minimum absolute atomic E-state index is 0.0915. The lowest BCUT2D eigenvalue weighted by molar-refractivity contribution is 0.0721. The zero-order valence-electron chi connectivity index (χ0n) is 14.8. The van der Waals surface area contributed by atoms with Crippen LogP contribution >= 0.6 is 0 Å². The minimum atomic E-state index is -3.29. The molecule has 140 valence electrons. The monoisotopic (exact) mass is 377 g/mol. The molecule has 0 N–H and O–H groups in total. The fourth-order valence-corrected chi connectivity index (χ4v) is 4.95. The molecule has 0 unspecified atom stereocenters. The summed E-state index contributed by atoms with van der Waals surface area (Å²) in [5.41, 5.74) is 0.520. The van der Waals surface area contributed by atoms with E-state index in [4.69, 9.17) is 9.15 Å². The fourth-order valence-electron chi connectivity index (χ4n) is 3.22. The molecule has 1 amide bonds. The van der Waals surface area contributed by atoms with Gasteiger partial charge < -0.3 is 14.1 Å². The smallest absolute Gasteiger partial charge is 0.257 e. The maximum Gasteiger partial charge on any atom is 0.257 e. The summed E-state index contributed by atoms with van der Waals surface area (Å²) in [4.78, 5) is 14.5. The van der Waals surface area contributed by atoms with Crippen molar-refractivity contribution < 1.29 is 22.4 Å². The number of rotatable bonds is 6. The second kappa shape index (κ2) is 7.95. The molecule has 26 heavy (non-hydrogen) atoms. The number of likely N-dealkylation sites (tertiary alicyclic amines) is 1. The van der Waals surface area contributed by atoms with Gasteiger partial charge in [0.1, 0.15) is 17.3 Å². The summed E-state index contributed by atoms with van der Waals surface area (Å²) in [6.07, 6.45) is 2.35. The number of benzene rings is 1. The van der Waals surface area contributed by atoms with Gasteiger partial charge in [-0.05, 0) is 44.0 Å². The van der Waals surface area contributed by atoms with Crippen molar-refractivity contribution in [3.05, 3.63) is 54.0 Å². The first-order chi connectivity index (χ1) is 12.5. The molecule has 1 aliphatic heterocycles. The fraction of sp³-hybridized carbons (Fsp3) is 0.421. The molecule has 2 aromatic rings. The van der Waals surface area contributed by atoms with E-state index in [1.54, 1.807) is 35.2 Å². The largest absolute Gasteiger partial charge is 0.493 e. The van der Waals surface area contributed by atoms with Crippen LogP contribution in [0.15, 0.2) is 47.1 Å². The first kappa shape index (κ1) is 18.5. The second-order valence-electron chi connectivity index (χ2n) is 6.31. The van der Waals surface area contributed by atoms with Crippen molar-refractivity contribution >= 4 is 15.7 Å². The Morgan fingerprint density at radius 2 is 1.92 bits per heavy atom. The lowest BCUT2D eigenvalue weighted by Gasteiger charge is -2.32. The molecule has 7 heteroatoms. The summed E-state index contributed by atoms with van der Waals surface area (Å²) in [5, 5.41) is -0.446. The first-order valence-electron chi connectivity index (χ1n) is 8.76. The Balaban J connectivity index is 1.64. The number of hydrogen-bond donors (Lipinski definition) is 0. The van der Waals surface area contributed by atoms with Gasteiger partial charge in [-0.2, -0.15) is 0 Å². The molecule has 2 heterocycles. The summed E-state index contributed by atoms with van der Waals surface area (Å²) in [7, 11) is -3.29. The van der Waals surface area contributed by atoms with Crippen LogP contribution in [0.2, 0.25) is 0 Å². The van der Waals surface area contributed by atoms with Crippen molar-refractivity contribution in [3.63, 3.8) is 0 Å². The average Bonchev–Trinajstić information content (AvgIpc) is 3.14. The van der Waals surface area contributed by atoms with Crippen LogP contribution in [0.1, 0.15) is 35.9 Å². The van der Waals surface area contributed by atoms with Crippen LogP contribution in [-0.2, 0) is 15.6 Å². The number of piperidine rings is 1. The van der Waals surface area contributed by atoms with Crippen LogP contribution in [0.3, 0.4) is 0 Å². The van der Waals surface area contributed by atoms with Gasteiger partial charge in [0.2, 0.25) is 0 Å². The van der Waals surface area contributed by atoms with Gasteiger partial charge in [-0.3, -0.25) is 4.79 Å². The average molecular weight is 377 g/mol. The van der Waals surface area contributed by atoms with Crippen LogP contribution in [-0.4, -0.2) is 44.2 Å². The predicted molar refractivity (Wildman–Crippen MR) is 97.9 cm³/mol. The number of para-hydroxylation sites is 1. The van der Waals surface area contributed by atoms with E-state index in [0.717, 1.165) is 0 Å². The van der Waals surface area contributed by atoms with Crippen molar-refractivity contribution in [1.29, 1.82) is 0 Å². The van der Waals surface area contributed by atoms with Gasteiger partial charge in [-0.1, -0.05) is 12.1 Å². The summed E-state index contributed by atoms with van der Waals surface area (Å²) < 4.78 is 35.8. The molecule has 1 saturated heterocycles. The van der Waals surface area contributed by atoms with Crippen molar-refractivity contribution in [3.8, 4) is 5.75 Å². The molecule has 3 rings (SSSR count). The van der Waals surface area contributed by atoms with Gasteiger partial charge in [-0.15, -0.1) is 0 Å². The number of carbonyl (C=O) groups excluding carboxylic acids is 1. The molecular formula is C19H23NO5S. The number of furan rings is 1. The molecule has 1 aromatic carbocycles. The molecule has 1 aliphatic rings. The summed E-state index contributed by atoms with van der Waals surface area (Å²) in [5.74, 6) is 0.809. The maximum absolute atomic E-state index is 12.8. The summed E-state index contributed by atoms with van der Waals surface area (Å²) in [6.45, 7) is 3.19. The highest BCUT2D eigenvalue weighted by Gasteiger charge is 2.33. The number of hydrogen-bond acceptors (Lipinski definition) is 5. The molecule has 1 aromatic heterocycles. The minimum Gasteiger partial charge on any atom is -0.493 e. The van der Waals surface area contributed by atoms with E-state index in [-0.39, 0.29) is 11.7 Å². The Labute approximate surface area is 153 Å². The van der Waals surface area contributed by atoms with Crippen LogP contribution in [0.5, 0.6) is 5.75 Å². The van der Waals surface area contributed by atoms with Gasteiger partial charge in [-0.25, -0.2) is 8.42 Å². The normalized spacial score (nSPS) is 15.8. The lowest BCUT2D eigenvalue weighted by Crippen LogP contribution is -2.42. The molecular weight excluding hydrogens is 354 g/mol. The molecule has 0 bridgehead atoms. The van der Waals surface area contributed by atoms with E-state index in [9.17, 15) is 13.2 Å². The number of nitrogens with zero attached hydrogens (tertiary/aromatic N) is 1. The van der Waals surface area contributed by atoms with E-state index < -0.39 is 15.1 Å². The van der Waals surface area contributed by atoms with Crippen molar-refractivity contribution in [2.75, 3.05) is 19.7 Å². The summed E-state index contributed by atoms with van der Waals surface area (Å²) >= 11 is 0. The Bertz CT molecular complexity index is 837. The van der Waals surface area contributed by atoms with E-state index in [2.05, 4.69) is 0 Å². The van der Waals surface area contributed by atoms with Gasteiger partial charge in [0, 0.05) is 13.1 Å². The van der Waals surface area contributed by atoms with Gasteiger partial charge >= 0.3 is 0 Å². The molecule has 0 aliphatic carbocycles. The molecule has 1 fully saturated rings. The second-order valence-corrected chi connectivity index (χ2v) is 8.59. The lowest BCUT2D eigenvalue weighted by atomic mass is 10.1. The van der Waals surface area contributed by atoms with E-state index in [1.165, 1.54) is 6.26 Å². The predicted octanol–water partition coefficient (Wildman–Crippen LogP) is 2.90. The van der Waals surface area contributed by atoms with Gasteiger partial charge in [0.25, 0.3) is 5.91 Å². The number of ether oxygens (including phenoxy) is 1.